The van der Waals surface area contributed by atoms with E-state index in [9.17, 15) is 9.90 Å². The number of rotatable bonds is 4. The van der Waals surface area contributed by atoms with Crippen molar-refractivity contribution in [1.29, 1.82) is 0 Å². The molecule has 2 unspecified atom stereocenters. The van der Waals surface area contributed by atoms with Crippen molar-refractivity contribution >= 4 is 5.91 Å². The Morgan fingerprint density at radius 3 is 2.62 bits per heavy atom. The Morgan fingerprint density at radius 1 is 1.17 bits per heavy atom. The highest BCUT2D eigenvalue weighted by atomic mass is 16.7. The smallest absolute Gasteiger partial charge is 0.231 e. The van der Waals surface area contributed by atoms with Crippen LogP contribution in [0.2, 0.25) is 0 Å². The number of aryl methyl sites for hydroxylation is 1. The van der Waals surface area contributed by atoms with Gasteiger partial charge < -0.3 is 19.5 Å². The standard InChI is InChI=1S/C19H25NO4/c1-20(15-7-13-9-16(21)10-14(13)8-15)19(22)5-3-12-2-4-17-18(6-12)24-11-23-17/h2,4,6,13-16,21H,3,5,7-11H2,1H3/t13-,14+,15?,16?. The zero-order chi connectivity index (χ0) is 16.7. The third-order valence-corrected chi connectivity index (χ3v) is 5.97. The Balaban J connectivity index is 1.30. The molecule has 2 saturated carbocycles. The molecule has 4 rings (SSSR count). The number of ether oxygens (including phenoxy) is 2. The molecule has 0 spiro atoms. The summed E-state index contributed by atoms with van der Waals surface area (Å²) in [5, 5.41) is 9.75. The number of carbonyl (C=O) groups excluding carboxylic acids is 1. The Labute approximate surface area is 142 Å². The topological polar surface area (TPSA) is 59.0 Å². The van der Waals surface area contributed by atoms with Crippen molar-refractivity contribution in [2.75, 3.05) is 13.8 Å². The third-order valence-electron chi connectivity index (χ3n) is 5.97. The Bertz CT molecular complexity index is 618. The Morgan fingerprint density at radius 2 is 1.88 bits per heavy atom. The average Bonchev–Trinajstić information content (AvgIpc) is 3.25. The summed E-state index contributed by atoms with van der Waals surface area (Å²) in [6.07, 6.45) is 5.05. The molecular formula is C19H25NO4. The lowest BCUT2D eigenvalue weighted by atomic mass is 10.0. The van der Waals surface area contributed by atoms with Crippen molar-refractivity contribution in [1.82, 2.24) is 4.90 Å². The second kappa shape index (κ2) is 6.28. The molecule has 2 aliphatic carbocycles. The third kappa shape index (κ3) is 2.97. The molecule has 0 aromatic heterocycles. The van der Waals surface area contributed by atoms with Gasteiger partial charge in [0.1, 0.15) is 0 Å². The summed E-state index contributed by atoms with van der Waals surface area (Å²) in [6, 6.07) is 6.23. The van der Waals surface area contributed by atoms with Crippen LogP contribution in [-0.4, -0.2) is 41.9 Å². The molecule has 1 aliphatic heterocycles. The van der Waals surface area contributed by atoms with Gasteiger partial charge in [-0.1, -0.05) is 6.07 Å². The van der Waals surface area contributed by atoms with E-state index in [0.29, 0.717) is 24.3 Å². The summed E-state index contributed by atoms with van der Waals surface area (Å²) in [5.41, 5.74) is 1.10. The first kappa shape index (κ1) is 15.8. The number of hydrogen-bond donors (Lipinski definition) is 1. The fourth-order valence-corrected chi connectivity index (χ4v) is 4.60. The van der Waals surface area contributed by atoms with Crippen LogP contribution in [0.4, 0.5) is 0 Å². The second-order valence-corrected chi connectivity index (χ2v) is 7.46. The predicted molar refractivity (Wildman–Crippen MR) is 88.9 cm³/mol. The predicted octanol–water partition coefficient (Wildman–Crippen LogP) is 2.36. The van der Waals surface area contributed by atoms with Gasteiger partial charge in [0, 0.05) is 19.5 Å². The SMILES string of the molecule is CN(C(=O)CCc1ccc2c(c1)OCO2)C1C[C@H]2CC(O)C[C@H]2C1. The van der Waals surface area contributed by atoms with Crippen LogP contribution in [0.3, 0.4) is 0 Å². The molecule has 0 saturated heterocycles. The number of aliphatic hydroxyl groups is 1. The number of hydrogen-bond acceptors (Lipinski definition) is 4. The molecule has 5 heteroatoms. The lowest BCUT2D eigenvalue weighted by Gasteiger charge is -2.25. The van der Waals surface area contributed by atoms with Gasteiger partial charge >= 0.3 is 0 Å². The van der Waals surface area contributed by atoms with Gasteiger partial charge in [-0.15, -0.1) is 0 Å². The first-order valence-electron chi connectivity index (χ1n) is 8.92. The molecule has 2 fully saturated rings. The molecule has 24 heavy (non-hydrogen) atoms. The molecule has 1 aromatic carbocycles. The fraction of sp³-hybridized carbons (Fsp3) is 0.632. The number of aliphatic hydroxyl groups excluding tert-OH is 1. The molecule has 4 atom stereocenters. The van der Waals surface area contributed by atoms with E-state index in [-0.39, 0.29) is 18.8 Å². The molecule has 130 valence electrons. The maximum absolute atomic E-state index is 12.5. The molecule has 1 heterocycles. The van der Waals surface area contributed by atoms with E-state index in [0.717, 1.165) is 49.2 Å². The van der Waals surface area contributed by atoms with Gasteiger partial charge in [-0.25, -0.2) is 0 Å². The normalized spacial score (nSPS) is 30.4. The van der Waals surface area contributed by atoms with Crippen molar-refractivity contribution < 1.29 is 19.4 Å². The van der Waals surface area contributed by atoms with Crippen LogP contribution in [0.25, 0.3) is 0 Å². The van der Waals surface area contributed by atoms with Gasteiger partial charge in [0.15, 0.2) is 11.5 Å². The first-order valence-corrected chi connectivity index (χ1v) is 8.92. The van der Waals surface area contributed by atoms with E-state index >= 15 is 0 Å². The van der Waals surface area contributed by atoms with Gasteiger partial charge in [0.05, 0.1) is 6.10 Å². The number of amides is 1. The van der Waals surface area contributed by atoms with Crippen LogP contribution in [0.5, 0.6) is 11.5 Å². The summed E-state index contributed by atoms with van der Waals surface area (Å²) in [7, 11) is 1.93. The lowest BCUT2D eigenvalue weighted by molar-refractivity contribution is -0.131. The number of carbonyl (C=O) groups is 1. The molecule has 1 amide bonds. The largest absolute Gasteiger partial charge is 0.454 e. The molecule has 0 bridgehead atoms. The van der Waals surface area contributed by atoms with Crippen LogP contribution in [0.15, 0.2) is 18.2 Å². The number of nitrogens with zero attached hydrogens (tertiary/aromatic N) is 1. The molecular weight excluding hydrogens is 306 g/mol. The minimum Gasteiger partial charge on any atom is -0.454 e. The van der Waals surface area contributed by atoms with Gasteiger partial charge in [-0.3, -0.25) is 4.79 Å². The van der Waals surface area contributed by atoms with Crippen molar-refractivity contribution in [3.05, 3.63) is 23.8 Å². The Hall–Kier alpha value is -1.75. The zero-order valence-electron chi connectivity index (χ0n) is 14.1. The van der Waals surface area contributed by atoms with E-state index in [4.69, 9.17) is 9.47 Å². The maximum atomic E-state index is 12.5. The van der Waals surface area contributed by atoms with Crippen molar-refractivity contribution in [3.63, 3.8) is 0 Å². The van der Waals surface area contributed by atoms with E-state index in [1.54, 1.807) is 0 Å². The van der Waals surface area contributed by atoms with Crippen LogP contribution in [0.1, 0.15) is 37.7 Å². The fourth-order valence-electron chi connectivity index (χ4n) is 4.60. The maximum Gasteiger partial charge on any atom is 0.231 e. The monoisotopic (exact) mass is 331 g/mol. The van der Waals surface area contributed by atoms with E-state index < -0.39 is 0 Å². The summed E-state index contributed by atoms with van der Waals surface area (Å²) >= 11 is 0. The Kier molecular flexibility index (Phi) is 4.12. The highest BCUT2D eigenvalue weighted by Gasteiger charge is 2.42. The quantitative estimate of drug-likeness (QED) is 0.920. The lowest BCUT2D eigenvalue weighted by Crippen LogP contribution is -2.36. The number of benzene rings is 1. The van der Waals surface area contributed by atoms with Gasteiger partial charge in [-0.2, -0.15) is 0 Å². The highest BCUT2D eigenvalue weighted by molar-refractivity contribution is 5.76. The van der Waals surface area contributed by atoms with E-state index in [2.05, 4.69) is 0 Å². The molecule has 1 aromatic rings. The van der Waals surface area contributed by atoms with Crippen molar-refractivity contribution in [3.8, 4) is 11.5 Å². The van der Waals surface area contributed by atoms with E-state index in [1.165, 1.54) is 0 Å². The minimum atomic E-state index is -0.118. The summed E-state index contributed by atoms with van der Waals surface area (Å²) in [4.78, 5) is 14.5. The van der Waals surface area contributed by atoms with Crippen LogP contribution in [-0.2, 0) is 11.2 Å². The van der Waals surface area contributed by atoms with Crippen molar-refractivity contribution in [2.45, 2.75) is 50.7 Å². The first-order chi connectivity index (χ1) is 11.6. The van der Waals surface area contributed by atoms with Crippen molar-refractivity contribution in [2.24, 2.45) is 11.8 Å². The number of fused-ring (bicyclic) bond motifs is 2. The van der Waals surface area contributed by atoms with E-state index in [1.807, 2.05) is 30.1 Å². The molecule has 3 aliphatic rings. The van der Waals surface area contributed by atoms with Gasteiger partial charge in [0.25, 0.3) is 0 Å². The average molecular weight is 331 g/mol. The molecule has 0 radical (unpaired) electrons. The van der Waals surface area contributed by atoms with Gasteiger partial charge in [-0.05, 0) is 61.6 Å². The van der Waals surface area contributed by atoms with Crippen LogP contribution in [0, 0.1) is 11.8 Å². The zero-order valence-corrected chi connectivity index (χ0v) is 14.1. The van der Waals surface area contributed by atoms with Crippen LogP contribution < -0.4 is 9.47 Å². The van der Waals surface area contributed by atoms with Gasteiger partial charge in [0.2, 0.25) is 12.7 Å². The van der Waals surface area contributed by atoms with Crippen LogP contribution >= 0.6 is 0 Å². The summed E-state index contributed by atoms with van der Waals surface area (Å²) in [6.45, 7) is 0.277. The minimum absolute atomic E-state index is 0.118. The summed E-state index contributed by atoms with van der Waals surface area (Å²) in [5.74, 6) is 2.97. The highest BCUT2D eigenvalue weighted by Crippen LogP contribution is 2.45. The molecule has 1 N–H and O–H groups in total. The summed E-state index contributed by atoms with van der Waals surface area (Å²) < 4.78 is 10.7. The second-order valence-electron chi connectivity index (χ2n) is 7.46. The molecule has 5 nitrogen and oxygen atoms in total.